The molecule has 0 aliphatic carbocycles. The highest BCUT2D eigenvalue weighted by atomic mass is 32.2. The Labute approximate surface area is 183 Å². The van der Waals surface area contributed by atoms with E-state index in [0.29, 0.717) is 0 Å². The van der Waals surface area contributed by atoms with Crippen LogP contribution in [0.25, 0.3) is 0 Å². The lowest BCUT2D eigenvalue weighted by Crippen LogP contribution is -2.49. The lowest BCUT2D eigenvalue weighted by molar-refractivity contribution is -0.122. The molecule has 31 heavy (non-hydrogen) atoms. The van der Waals surface area contributed by atoms with Gasteiger partial charge in [-0.1, -0.05) is 63.1 Å². The fourth-order valence-corrected chi connectivity index (χ4v) is 5.33. The maximum Gasteiger partial charge on any atom is 0.251 e. The largest absolute Gasteiger partial charge is 0.354 e. The van der Waals surface area contributed by atoms with Gasteiger partial charge in [-0.15, -0.1) is 0 Å². The Kier molecular flexibility index (Phi) is 7.46. The number of nitrogens with zero attached hydrogens (tertiary/aromatic N) is 1. The molecule has 1 saturated heterocycles. The Bertz CT molecular complexity index is 1020. The molecule has 0 aromatic heterocycles. The second-order valence-corrected chi connectivity index (χ2v) is 9.59. The van der Waals surface area contributed by atoms with Gasteiger partial charge in [0.25, 0.3) is 5.91 Å². The Hall–Kier alpha value is -2.71. The first-order valence-electron chi connectivity index (χ1n) is 10.6. The molecule has 3 rings (SSSR count). The van der Waals surface area contributed by atoms with Crippen LogP contribution in [0.5, 0.6) is 0 Å². The molecule has 0 radical (unpaired) electrons. The standard InChI is InChI=1S/C23H29N3O4S/c1-3-17(4-2)22(18-9-6-5-7-10-18)25-23(28)19-11-8-12-20(15-19)31(29,30)26-14-13-24-21(27)16-26/h5-12,15,17,22H,3-4,13-14,16H2,1-2H3,(H,24,27)(H,25,28). The zero-order valence-electron chi connectivity index (χ0n) is 17.9. The number of carbonyl (C=O) groups is 2. The number of amides is 2. The molecule has 0 spiro atoms. The molecular weight excluding hydrogens is 414 g/mol. The number of carbonyl (C=O) groups excluding carboxylic acids is 2. The summed E-state index contributed by atoms with van der Waals surface area (Å²) in [7, 11) is -3.86. The van der Waals surface area contributed by atoms with E-state index in [0.717, 1.165) is 22.7 Å². The number of nitrogens with one attached hydrogen (secondary N) is 2. The average molecular weight is 444 g/mol. The summed E-state index contributed by atoms with van der Waals surface area (Å²) >= 11 is 0. The summed E-state index contributed by atoms with van der Waals surface area (Å²) in [5, 5.41) is 5.72. The molecule has 8 heteroatoms. The quantitative estimate of drug-likeness (QED) is 0.656. The lowest BCUT2D eigenvalue weighted by Gasteiger charge is -2.27. The van der Waals surface area contributed by atoms with E-state index >= 15 is 0 Å². The molecule has 1 aliphatic rings. The van der Waals surface area contributed by atoms with E-state index < -0.39 is 10.0 Å². The van der Waals surface area contributed by atoms with Gasteiger partial charge in [0.1, 0.15) is 0 Å². The molecule has 1 fully saturated rings. The molecule has 2 N–H and O–H groups in total. The van der Waals surface area contributed by atoms with Gasteiger partial charge in [0.15, 0.2) is 0 Å². The maximum atomic E-state index is 13.1. The van der Waals surface area contributed by atoms with Gasteiger partial charge >= 0.3 is 0 Å². The van der Waals surface area contributed by atoms with Crippen LogP contribution in [0.4, 0.5) is 0 Å². The monoisotopic (exact) mass is 443 g/mol. The third-order valence-corrected chi connectivity index (χ3v) is 7.54. The highest BCUT2D eigenvalue weighted by Gasteiger charge is 2.30. The maximum absolute atomic E-state index is 13.1. The van der Waals surface area contributed by atoms with Crippen molar-refractivity contribution in [2.45, 2.75) is 37.6 Å². The van der Waals surface area contributed by atoms with Crippen LogP contribution in [0.15, 0.2) is 59.5 Å². The van der Waals surface area contributed by atoms with Gasteiger partial charge in [-0.2, -0.15) is 4.31 Å². The third kappa shape index (κ3) is 5.32. The molecule has 0 saturated carbocycles. The van der Waals surface area contributed by atoms with Crippen LogP contribution < -0.4 is 10.6 Å². The number of rotatable bonds is 8. The van der Waals surface area contributed by atoms with Crippen LogP contribution in [-0.4, -0.2) is 44.2 Å². The molecule has 2 aromatic carbocycles. The average Bonchev–Trinajstić information content (AvgIpc) is 2.79. The topological polar surface area (TPSA) is 95.6 Å². The molecule has 1 aliphatic heterocycles. The van der Waals surface area contributed by atoms with Gasteiger partial charge in [0.2, 0.25) is 15.9 Å². The Morgan fingerprint density at radius 1 is 1.10 bits per heavy atom. The van der Waals surface area contributed by atoms with Gasteiger partial charge < -0.3 is 10.6 Å². The number of sulfonamides is 1. The van der Waals surface area contributed by atoms with Crippen molar-refractivity contribution in [2.75, 3.05) is 19.6 Å². The summed E-state index contributed by atoms with van der Waals surface area (Å²) < 4.78 is 27.1. The first-order chi connectivity index (χ1) is 14.9. The van der Waals surface area contributed by atoms with Crippen molar-refractivity contribution >= 4 is 21.8 Å². The van der Waals surface area contributed by atoms with Gasteiger partial charge in [-0.25, -0.2) is 8.42 Å². The summed E-state index contributed by atoms with van der Waals surface area (Å²) in [5.41, 5.74) is 1.29. The first-order valence-corrected chi connectivity index (χ1v) is 12.0. The molecule has 1 atom stereocenters. The van der Waals surface area contributed by atoms with Gasteiger partial charge in [0, 0.05) is 18.7 Å². The van der Waals surface area contributed by atoms with Crippen molar-refractivity contribution in [3.8, 4) is 0 Å². The summed E-state index contributed by atoms with van der Waals surface area (Å²) in [4.78, 5) is 24.7. The van der Waals surface area contributed by atoms with Crippen molar-refractivity contribution in [1.29, 1.82) is 0 Å². The van der Waals surface area contributed by atoms with E-state index in [2.05, 4.69) is 24.5 Å². The van der Waals surface area contributed by atoms with Gasteiger partial charge in [-0.05, 0) is 29.7 Å². The number of hydrogen-bond donors (Lipinski definition) is 2. The van der Waals surface area contributed by atoms with Crippen LogP contribution >= 0.6 is 0 Å². The van der Waals surface area contributed by atoms with Crippen LogP contribution in [0, 0.1) is 5.92 Å². The SMILES string of the molecule is CCC(CC)C(NC(=O)c1cccc(S(=O)(=O)N2CCNC(=O)C2)c1)c1ccccc1. The van der Waals surface area contributed by atoms with E-state index in [-0.39, 0.29) is 53.9 Å². The van der Waals surface area contributed by atoms with Gasteiger partial charge in [-0.3, -0.25) is 9.59 Å². The minimum absolute atomic E-state index is 0.00800. The predicted molar refractivity (Wildman–Crippen MR) is 119 cm³/mol. The van der Waals surface area contributed by atoms with E-state index in [1.54, 1.807) is 12.1 Å². The summed E-state index contributed by atoms with van der Waals surface area (Å²) in [6.45, 7) is 4.45. The van der Waals surface area contributed by atoms with Crippen molar-refractivity contribution in [3.63, 3.8) is 0 Å². The summed E-state index contributed by atoms with van der Waals surface area (Å²) in [5.74, 6) is -0.404. The lowest BCUT2D eigenvalue weighted by atomic mass is 9.88. The second kappa shape index (κ2) is 10.1. The zero-order chi connectivity index (χ0) is 22.4. The normalized spacial score (nSPS) is 16.0. The minimum Gasteiger partial charge on any atom is -0.354 e. The third-order valence-electron chi connectivity index (χ3n) is 5.70. The molecule has 2 amide bonds. The Balaban J connectivity index is 1.85. The molecule has 0 bridgehead atoms. The number of benzene rings is 2. The minimum atomic E-state index is -3.86. The Morgan fingerprint density at radius 3 is 2.45 bits per heavy atom. The molecular formula is C23H29N3O4S. The highest BCUT2D eigenvalue weighted by molar-refractivity contribution is 7.89. The second-order valence-electron chi connectivity index (χ2n) is 7.65. The smallest absolute Gasteiger partial charge is 0.251 e. The van der Waals surface area contributed by atoms with Crippen LogP contribution in [-0.2, 0) is 14.8 Å². The van der Waals surface area contributed by atoms with E-state index in [1.807, 2.05) is 30.3 Å². The molecule has 1 heterocycles. The van der Waals surface area contributed by atoms with Crippen LogP contribution in [0.2, 0.25) is 0 Å². The number of piperazine rings is 1. The summed E-state index contributed by atoms with van der Waals surface area (Å²) in [6.07, 6.45) is 1.81. The van der Waals surface area contributed by atoms with E-state index in [9.17, 15) is 18.0 Å². The van der Waals surface area contributed by atoms with Crippen LogP contribution in [0.3, 0.4) is 0 Å². The fourth-order valence-electron chi connectivity index (χ4n) is 3.89. The van der Waals surface area contributed by atoms with Crippen molar-refractivity contribution in [2.24, 2.45) is 5.92 Å². The molecule has 166 valence electrons. The fraction of sp³-hybridized carbons (Fsp3) is 0.391. The molecule has 1 unspecified atom stereocenters. The van der Waals surface area contributed by atoms with Crippen molar-refractivity contribution in [3.05, 3.63) is 65.7 Å². The van der Waals surface area contributed by atoms with E-state index in [1.165, 1.54) is 12.1 Å². The van der Waals surface area contributed by atoms with Crippen molar-refractivity contribution in [1.82, 2.24) is 14.9 Å². The predicted octanol–water partition coefficient (Wildman–Crippen LogP) is 2.71. The number of hydrogen-bond acceptors (Lipinski definition) is 4. The van der Waals surface area contributed by atoms with Gasteiger partial charge in [0.05, 0.1) is 17.5 Å². The molecule has 2 aromatic rings. The Morgan fingerprint density at radius 2 is 1.81 bits per heavy atom. The molecule has 7 nitrogen and oxygen atoms in total. The van der Waals surface area contributed by atoms with E-state index in [4.69, 9.17) is 0 Å². The summed E-state index contributed by atoms with van der Waals surface area (Å²) in [6, 6.07) is 15.6. The van der Waals surface area contributed by atoms with Crippen molar-refractivity contribution < 1.29 is 18.0 Å². The van der Waals surface area contributed by atoms with Crippen LogP contribution in [0.1, 0.15) is 48.7 Å². The highest BCUT2D eigenvalue weighted by Crippen LogP contribution is 2.28. The zero-order valence-corrected chi connectivity index (χ0v) is 18.7. The first kappa shape index (κ1) is 23.0.